The van der Waals surface area contributed by atoms with Crippen LogP contribution in [0.1, 0.15) is 10.4 Å². The van der Waals surface area contributed by atoms with Gasteiger partial charge in [-0.2, -0.15) is 0 Å². The van der Waals surface area contributed by atoms with Gasteiger partial charge < -0.3 is 14.8 Å². The summed E-state index contributed by atoms with van der Waals surface area (Å²) in [6, 6.07) is 21.1. The first kappa shape index (κ1) is 23.4. The number of nitrogens with one attached hydrogen (secondary N) is 1. The molecule has 178 valence electrons. The van der Waals surface area contributed by atoms with Crippen LogP contribution >= 0.6 is 15.9 Å². The normalized spacial score (nSPS) is 11.0. The number of halogens is 3. The van der Waals surface area contributed by atoms with Gasteiger partial charge >= 0.3 is 0 Å². The number of benzene rings is 4. The van der Waals surface area contributed by atoms with Crippen LogP contribution in [-0.2, 0) is 0 Å². The topological polar surface area (TPSA) is 79.5 Å². The lowest BCUT2D eigenvalue weighted by Gasteiger charge is -2.10. The zero-order valence-corrected chi connectivity index (χ0v) is 20.0. The molecule has 0 fully saturated rings. The van der Waals surface area contributed by atoms with E-state index in [9.17, 15) is 23.5 Å². The van der Waals surface area contributed by atoms with Gasteiger partial charge in [0.2, 0.25) is 11.2 Å². The summed E-state index contributed by atoms with van der Waals surface area (Å²) in [7, 11) is 0. The van der Waals surface area contributed by atoms with Gasteiger partial charge in [0, 0.05) is 15.7 Å². The number of carbonyl (C=O) groups excluding carboxylic acids is 1. The highest BCUT2D eigenvalue weighted by Gasteiger charge is 2.18. The molecule has 1 amide bonds. The van der Waals surface area contributed by atoms with Crippen molar-refractivity contribution in [3.05, 3.63) is 117 Å². The molecule has 0 saturated heterocycles. The lowest BCUT2D eigenvalue weighted by Crippen LogP contribution is -2.13. The summed E-state index contributed by atoms with van der Waals surface area (Å²) in [5.41, 5.74) is 1.51. The molecule has 0 radical (unpaired) electrons. The van der Waals surface area contributed by atoms with Crippen LogP contribution in [0.3, 0.4) is 0 Å². The second-order valence-electron chi connectivity index (χ2n) is 7.99. The zero-order valence-electron chi connectivity index (χ0n) is 18.4. The van der Waals surface area contributed by atoms with Gasteiger partial charge in [0.05, 0.1) is 10.9 Å². The first-order chi connectivity index (χ1) is 17.3. The van der Waals surface area contributed by atoms with Gasteiger partial charge in [0.15, 0.2) is 5.76 Å². The highest BCUT2D eigenvalue weighted by molar-refractivity contribution is 9.10. The van der Waals surface area contributed by atoms with Gasteiger partial charge in [-0.15, -0.1) is 0 Å². The fourth-order valence-corrected chi connectivity index (χ4v) is 4.14. The predicted molar refractivity (Wildman–Crippen MR) is 137 cm³/mol. The number of anilines is 1. The maximum absolute atomic E-state index is 14.2. The van der Waals surface area contributed by atoms with Crippen LogP contribution in [0, 0.1) is 11.6 Å². The SMILES string of the molecule is O=C(Nc1cccc(-c2oc3cc(-c4ccc(F)cc4)ccc3c(=O)c2O)c1)c1ccc(Br)cc1F. The summed E-state index contributed by atoms with van der Waals surface area (Å²) in [6.07, 6.45) is 0. The Kier molecular flexibility index (Phi) is 6.12. The molecule has 8 heteroatoms. The van der Waals surface area contributed by atoms with Crippen molar-refractivity contribution in [2.24, 2.45) is 0 Å². The van der Waals surface area contributed by atoms with Crippen LogP contribution in [0.2, 0.25) is 0 Å². The van der Waals surface area contributed by atoms with Gasteiger partial charge in [-0.3, -0.25) is 9.59 Å². The van der Waals surface area contributed by atoms with Crippen LogP contribution in [0.15, 0.2) is 98.6 Å². The average Bonchev–Trinajstić information content (AvgIpc) is 2.86. The molecule has 2 N–H and O–H groups in total. The van der Waals surface area contributed by atoms with Gasteiger partial charge in [-0.1, -0.05) is 46.3 Å². The van der Waals surface area contributed by atoms with Crippen LogP contribution in [0.4, 0.5) is 14.5 Å². The smallest absolute Gasteiger partial charge is 0.258 e. The Hall–Kier alpha value is -4.30. The molecule has 0 bridgehead atoms. The first-order valence-corrected chi connectivity index (χ1v) is 11.5. The van der Waals surface area contributed by atoms with Crippen LogP contribution in [0.25, 0.3) is 33.4 Å². The molecular formula is C28H16BrF2NO4. The third-order valence-electron chi connectivity index (χ3n) is 5.60. The molecule has 0 spiro atoms. The largest absolute Gasteiger partial charge is 0.502 e. The molecular weight excluding hydrogens is 532 g/mol. The van der Waals surface area contributed by atoms with Crippen molar-refractivity contribution in [3.8, 4) is 28.2 Å². The van der Waals surface area contributed by atoms with E-state index in [0.29, 0.717) is 21.3 Å². The summed E-state index contributed by atoms with van der Waals surface area (Å²) in [4.78, 5) is 25.4. The van der Waals surface area contributed by atoms with E-state index in [2.05, 4.69) is 21.2 Å². The van der Waals surface area contributed by atoms with Crippen molar-refractivity contribution >= 4 is 38.5 Å². The van der Waals surface area contributed by atoms with E-state index in [1.165, 1.54) is 36.4 Å². The van der Waals surface area contributed by atoms with E-state index >= 15 is 0 Å². The molecule has 0 unspecified atom stereocenters. The molecule has 1 aromatic heterocycles. The minimum atomic E-state index is -0.687. The molecule has 0 aliphatic heterocycles. The zero-order chi connectivity index (χ0) is 25.4. The summed E-state index contributed by atoms with van der Waals surface area (Å²) < 4.78 is 33.9. The quantitative estimate of drug-likeness (QED) is 0.251. The molecule has 5 rings (SSSR count). The van der Waals surface area contributed by atoms with Crippen LogP contribution in [0.5, 0.6) is 5.75 Å². The Morgan fingerprint density at radius 3 is 2.36 bits per heavy atom. The van der Waals surface area contributed by atoms with E-state index in [0.717, 1.165) is 5.56 Å². The number of aromatic hydroxyl groups is 1. The van der Waals surface area contributed by atoms with Crippen molar-refractivity contribution < 1.29 is 23.1 Å². The molecule has 0 atom stereocenters. The van der Waals surface area contributed by atoms with E-state index in [1.54, 1.807) is 48.5 Å². The van der Waals surface area contributed by atoms with Gasteiger partial charge in [0.25, 0.3) is 5.91 Å². The predicted octanol–water partition coefficient (Wildman–Crippen LogP) is 7.13. The van der Waals surface area contributed by atoms with Gasteiger partial charge in [-0.05, 0) is 65.7 Å². The third kappa shape index (κ3) is 4.50. The second kappa shape index (κ2) is 9.39. The molecule has 5 aromatic rings. The molecule has 4 aromatic carbocycles. The number of carbonyl (C=O) groups is 1. The summed E-state index contributed by atoms with van der Waals surface area (Å²) in [6.45, 7) is 0. The Balaban J connectivity index is 1.53. The molecule has 5 nitrogen and oxygen atoms in total. The monoisotopic (exact) mass is 547 g/mol. The minimum absolute atomic E-state index is 0.0883. The molecule has 0 aliphatic carbocycles. The van der Waals surface area contributed by atoms with Crippen molar-refractivity contribution in [2.45, 2.75) is 0 Å². The Morgan fingerprint density at radius 1 is 0.861 bits per heavy atom. The maximum Gasteiger partial charge on any atom is 0.258 e. The number of hydrogen-bond donors (Lipinski definition) is 2. The van der Waals surface area contributed by atoms with E-state index in [4.69, 9.17) is 4.42 Å². The van der Waals surface area contributed by atoms with Crippen molar-refractivity contribution in [1.82, 2.24) is 0 Å². The average molecular weight is 548 g/mol. The molecule has 1 heterocycles. The lowest BCUT2D eigenvalue weighted by molar-refractivity contribution is 0.102. The number of amides is 1. The Bertz CT molecular complexity index is 1700. The standard InChI is InChI=1S/C28H16BrF2NO4/c29-18-7-11-21(23(31)14-18)28(35)32-20-3-1-2-17(12-20)27-26(34)25(33)22-10-6-16(13-24(22)36-27)15-4-8-19(30)9-5-15/h1-14,34H,(H,32,35). The van der Waals surface area contributed by atoms with Crippen molar-refractivity contribution in [1.29, 1.82) is 0 Å². The molecule has 0 saturated carbocycles. The van der Waals surface area contributed by atoms with Crippen molar-refractivity contribution in [2.75, 3.05) is 5.32 Å². The number of rotatable bonds is 4. The number of hydrogen-bond acceptors (Lipinski definition) is 4. The molecule has 0 aliphatic rings. The van der Waals surface area contributed by atoms with Crippen LogP contribution in [-0.4, -0.2) is 11.0 Å². The van der Waals surface area contributed by atoms with E-state index in [-0.39, 0.29) is 28.1 Å². The fraction of sp³-hybridized carbons (Fsp3) is 0. The Morgan fingerprint density at radius 2 is 1.61 bits per heavy atom. The highest BCUT2D eigenvalue weighted by atomic mass is 79.9. The van der Waals surface area contributed by atoms with Crippen molar-refractivity contribution in [3.63, 3.8) is 0 Å². The summed E-state index contributed by atoms with van der Waals surface area (Å²) in [5.74, 6) is -2.39. The third-order valence-corrected chi connectivity index (χ3v) is 6.10. The van der Waals surface area contributed by atoms with Crippen LogP contribution < -0.4 is 10.7 Å². The summed E-state index contributed by atoms with van der Waals surface area (Å²) >= 11 is 3.15. The molecule has 36 heavy (non-hydrogen) atoms. The number of fused-ring (bicyclic) bond motifs is 1. The van der Waals surface area contributed by atoms with Gasteiger partial charge in [0.1, 0.15) is 17.2 Å². The van der Waals surface area contributed by atoms with E-state index < -0.39 is 22.9 Å². The fourth-order valence-electron chi connectivity index (χ4n) is 3.81. The Labute approximate surface area is 211 Å². The maximum atomic E-state index is 14.2. The second-order valence-corrected chi connectivity index (χ2v) is 8.90. The first-order valence-electron chi connectivity index (χ1n) is 10.7. The lowest BCUT2D eigenvalue weighted by atomic mass is 10.0. The summed E-state index contributed by atoms with van der Waals surface area (Å²) in [5, 5.41) is 13.4. The minimum Gasteiger partial charge on any atom is -0.502 e. The van der Waals surface area contributed by atoms with Gasteiger partial charge in [-0.25, -0.2) is 8.78 Å². The highest BCUT2D eigenvalue weighted by Crippen LogP contribution is 2.33. The van der Waals surface area contributed by atoms with E-state index in [1.807, 2.05) is 0 Å².